The van der Waals surface area contributed by atoms with Crippen molar-refractivity contribution >= 4 is 17.6 Å². The van der Waals surface area contributed by atoms with Crippen molar-refractivity contribution in [2.24, 2.45) is 5.73 Å². The number of benzene rings is 1. The summed E-state index contributed by atoms with van der Waals surface area (Å²) in [5, 5.41) is 0. The molecule has 0 aromatic heterocycles. The Morgan fingerprint density at radius 3 is 2.50 bits per heavy atom. The summed E-state index contributed by atoms with van der Waals surface area (Å²) in [4.78, 5) is 30.2. The van der Waals surface area contributed by atoms with E-state index in [2.05, 4.69) is 4.90 Å². The molecular weight excluding hydrogens is 304 g/mol. The summed E-state index contributed by atoms with van der Waals surface area (Å²) in [6, 6.07) is 7.67. The lowest BCUT2D eigenvalue weighted by Crippen LogP contribution is -2.53. The SMILES string of the molecule is Cc1ccc(N2CCC[C@@H](N3CCCN(C(N)=O)CC3)C2=O)cc1. The molecule has 1 atom stereocenters. The average Bonchev–Trinajstić information content (AvgIpc) is 2.82. The van der Waals surface area contributed by atoms with Crippen molar-refractivity contribution in [3.8, 4) is 0 Å². The Hall–Kier alpha value is -2.08. The number of urea groups is 1. The van der Waals surface area contributed by atoms with Crippen LogP contribution in [0, 0.1) is 6.92 Å². The summed E-state index contributed by atoms with van der Waals surface area (Å²) >= 11 is 0. The lowest BCUT2D eigenvalue weighted by molar-refractivity contribution is -0.125. The first kappa shape index (κ1) is 16.8. The van der Waals surface area contributed by atoms with Gasteiger partial charge in [0.1, 0.15) is 0 Å². The fourth-order valence-electron chi connectivity index (χ4n) is 3.65. The topological polar surface area (TPSA) is 69.9 Å². The van der Waals surface area contributed by atoms with Crippen LogP contribution in [0.2, 0.25) is 0 Å². The molecule has 2 aliphatic heterocycles. The van der Waals surface area contributed by atoms with Gasteiger partial charge in [-0.3, -0.25) is 9.69 Å². The molecule has 6 heteroatoms. The standard InChI is InChI=1S/C18H26N4O2/c1-14-5-7-15(8-6-14)22-11-2-4-16(17(22)23)20-9-3-10-21(13-12-20)18(19)24/h5-8,16H,2-4,9-13H2,1H3,(H2,19,24)/t16-/m1/s1. The third kappa shape index (κ3) is 3.53. The fraction of sp³-hybridized carbons (Fsp3) is 0.556. The molecule has 2 fully saturated rings. The quantitative estimate of drug-likeness (QED) is 0.895. The van der Waals surface area contributed by atoms with Crippen molar-refractivity contribution in [3.63, 3.8) is 0 Å². The molecule has 3 rings (SSSR count). The minimum absolute atomic E-state index is 0.0899. The molecule has 2 N–H and O–H groups in total. The predicted octanol–water partition coefficient (Wildman–Crippen LogP) is 1.58. The second-order valence-electron chi connectivity index (χ2n) is 6.70. The third-order valence-electron chi connectivity index (χ3n) is 5.04. The molecule has 2 saturated heterocycles. The predicted molar refractivity (Wildman–Crippen MR) is 93.9 cm³/mol. The number of carbonyl (C=O) groups excluding carboxylic acids is 2. The Labute approximate surface area is 143 Å². The number of aryl methyl sites for hydroxylation is 1. The molecule has 1 aromatic carbocycles. The maximum atomic E-state index is 13.0. The van der Waals surface area contributed by atoms with Crippen LogP contribution in [0.25, 0.3) is 0 Å². The van der Waals surface area contributed by atoms with Crippen LogP contribution in [-0.2, 0) is 4.79 Å². The van der Waals surface area contributed by atoms with Crippen molar-refractivity contribution in [2.45, 2.75) is 32.2 Å². The van der Waals surface area contributed by atoms with Crippen LogP contribution in [0.5, 0.6) is 0 Å². The summed E-state index contributed by atoms with van der Waals surface area (Å²) in [7, 11) is 0. The van der Waals surface area contributed by atoms with Gasteiger partial charge < -0.3 is 15.5 Å². The zero-order valence-electron chi connectivity index (χ0n) is 14.3. The Kier molecular flexibility index (Phi) is 5.04. The number of nitrogens with two attached hydrogens (primary N) is 1. The van der Waals surface area contributed by atoms with Gasteiger partial charge in [0, 0.05) is 38.4 Å². The molecular formula is C18H26N4O2. The van der Waals surface area contributed by atoms with Crippen LogP contribution in [-0.4, -0.2) is 60.5 Å². The van der Waals surface area contributed by atoms with E-state index in [-0.39, 0.29) is 18.0 Å². The van der Waals surface area contributed by atoms with E-state index in [4.69, 9.17) is 5.73 Å². The van der Waals surface area contributed by atoms with E-state index in [0.717, 1.165) is 38.0 Å². The van der Waals surface area contributed by atoms with Crippen LogP contribution in [0.3, 0.4) is 0 Å². The summed E-state index contributed by atoms with van der Waals surface area (Å²) in [5.41, 5.74) is 7.56. The first-order chi connectivity index (χ1) is 11.6. The number of hydrogen-bond donors (Lipinski definition) is 1. The fourth-order valence-corrected chi connectivity index (χ4v) is 3.65. The number of rotatable bonds is 2. The lowest BCUT2D eigenvalue weighted by Gasteiger charge is -2.38. The van der Waals surface area contributed by atoms with Crippen molar-refractivity contribution in [3.05, 3.63) is 29.8 Å². The highest BCUT2D eigenvalue weighted by molar-refractivity contribution is 5.98. The smallest absolute Gasteiger partial charge is 0.314 e. The molecule has 3 amide bonds. The van der Waals surface area contributed by atoms with Crippen molar-refractivity contribution < 1.29 is 9.59 Å². The molecule has 24 heavy (non-hydrogen) atoms. The average molecular weight is 330 g/mol. The van der Waals surface area contributed by atoms with Gasteiger partial charge in [-0.1, -0.05) is 17.7 Å². The van der Waals surface area contributed by atoms with E-state index < -0.39 is 0 Å². The minimum Gasteiger partial charge on any atom is -0.351 e. The van der Waals surface area contributed by atoms with E-state index in [0.29, 0.717) is 19.6 Å². The maximum absolute atomic E-state index is 13.0. The molecule has 6 nitrogen and oxygen atoms in total. The minimum atomic E-state index is -0.367. The van der Waals surface area contributed by atoms with Crippen LogP contribution < -0.4 is 10.6 Å². The third-order valence-corrected chi connectivity index (χ3v) is 5.04. The molecule has 0 unspecified atom stereocenters. The number of nitrogens with zero attached hydrogens (tertiary/aromatic N) is 3. The summed E-state index contributed by atoms with van der Waals surface area (Å²) in [6.45, 7) is 5.65. The van der Waals surface area contributed by atoms with E-state index in [9.17, 15) is 9.59 Å². The zero-order chi connectivity index (χ0) is 17.1. The number of hydrogen-bond acceptors (Lipinski definition) is 3. The first-order valence-electron chi connectivity index (χ1n) is 8.73. The highest BCUT2D eigenvalue weighted by Crippen LogP contribution is 2.25. The Balaban J connectivity index is 1.70. The molecule has 2 heterocycles. The monoisotopic (exact) mass is 330 g/mol. The highest BCUT2D eigenvalue weighted by Gasteiger charge is 2.34. The van der Waals surface area contributed by atoms with E-state index in [1.165, 1.54) is 5.56 Å². The second kappa shape index (κ2) is 7.21. The second-order valence-corrected chi connectivity index (χ2v) is 6.70. The van der Waals surface area contributed by atoms with Gasteiger partial charge in [-0.25, -0.2) is 4.79 Å². The number of primary amides is 1. The lowest BCUT2D eigenvalue weighted by atomic mass is 10.0. The van der Waals surface area contributed by atoms with Gasteiger partial charge in [0.05, 0.1) is 6.04 Å². The summed E-state index contributed by atoms with van der Waals surface area (Å²) < 4.78 is 0. The number of amides is 3. The van der Waals surface area contributed by atoms with Crippen LogP contribution in [0.4, 0.5) is 10.5 Å². The van der Waals surface area contributed by atoms with E-state index >= 15 is 0 Å². The molecule has 0 saturated carbocycles. The molecule has 1 aromatic rings. The molecule has 0 radical (unpaired) electrons. The van der Waals surface area contributed by atoms with Gasteiger partial charge >= 0.3 is 6.03 Å². The van der Waals surface area contributed by atoms with Crippen molar-refractivity contribution in [1.82, 2.24) is 9.80 Å². The largest absolute Gasteiger partial charge is 0.351 e. The van der Waals surface area contributed by atoms with Gasteiger partial charge in [0.15, 0.2) is 0 Å². The summed E-state index contributed by atoms with van der Waals surface area (Å²) in [6.07, 6.45) is 2.75. The number of carbonyl (C=O) groups is 2. The van der Waals surface area contributed by atoms with Crippen molar-refractivity contribution in [1.29, 1.82) is 0 Å². The molecule has 0 bridgehead atoms. The van der Waals surface area contributed by atoms with Gasteiger partial charge in [0.25, 0.3) is 0 Å². The Morgan fingerprint density at radius 1 is 1.04 bits per heavy atom. The maximum Gasteiger partial charge on any atom is 0.314 e. The zero-order valence-corrected chi connectivity index (χ0v) is 14.3. The summed E-state index contributed by atoms with van der Waals surface area (Å²) in [5.74, 6) is 0.178. The number of piperidine rings is 1. The highest BCUT2D eigenvalue weighted by atomic mass is 16.2. The van der Waals surface area contributed by atoms with Gasteiger partial charge in [-0.05, 0) is 38.3 Å². The molecule has 2 aliphatic rings. The van der Waals surface area contributed by atoms with Gasteiger partial charge in [-0.15, -0.1) is 0 Å². The van der Waals surface area contributed by atoms with E-state index in [1.54, 1.807) is 4.90 Å². The molecule has 0 spiro atoms. The normalized spacial score (nSPS) is 23.2. The molecule has 130 valence electrons. The Morgan fingerprint density at radius 2 is 1.79 bits per heavy atom. The van der Waals surface area contributed by atoms with E-state index in [1.807, 2.05) is 36.1 Å². The van der Waals surface area contributed by atoms with Gasteiger partial charge in [0.2, 0.25) is 5.91 Å². The van der Waals surface area contributed by atoms with Gasteiger partial charge in [-0.2, -0.15) is 0 Å². The number of anilines is 1. The molecule has 0 aliphatic carbocycles. The van der Waals surface area contributed by atoms with Crippen LogP contribution in [0.15, 0.2) is 24.3 Å². The van der Waals surface area contributed by atoms with Crippen molar-refractivity contribution in [2.75, 3.05) is 37.6 Å². The first-order valence-corrected chi connectivity index (χ1v) is 8.73. The Bertz CT molecular complexity index is 602. The van der Waals surface area contributed by atoms with Crippen LogP contribution >= 0.6 is 0 Å². The van der Waals surface area contributed by atoms with Crippen LogP contribution in [0.1, 0.15) is 24.8 Å².